The lowest BCUT2D eigenvalue weighted by Gasteiger charge is -2.18. The predicted molar refractivity (Wildman–Crippen MR) is 80.3 cm³/mol. The van der Waals surface area contributed by atoms with Crippen LogP contribution in [-0.2, 0) is 11.3 Å². The second kappa shape index (κ2) is 5.66. The molecule has 1 heterocycles. The Morgan fingerprint density at radius 3 is 2.52 bits per heavy atom. The number of nitrogen functional groups attached to an aromatic ring is 1. The van der Waals surface area contributed by atoms with Crippen molar-refractivity contribution in [2.75, 3.05) is 17.7 Å². The number of anilines is 2. The maximum absolute atomic E-state index is 12.2. The molecular formula is C14H16N4O3. The average Bonchev–Trinajstić information content (AvgIpc) is 2.44. The predicted octanol–water partition coefficient (Wildman–Crippen LogP) is 0.0902. The van der Waals surface area contributed by atoms with Crippen molar-refractivity contribution in [1.82, 2.24) is 9.55 Å². The van der Waals surface area contributed by atoms with Gasteiger partial charge < -0.3 is 10.6 Å². The van der Waals surface area contributed by atoms with Gasteiger partial charge in [0.15, 0.2) is 0 Å². The van der Waals surface area contributed by atoms with Crippen LogP contribution in [0.1, 0.15) is 5.56 Å². The van der Waals surface area contributed by atoms with Gasteiger partial charge in [0.25, 0.3) is 5.56 Å². The summed E-state index contributed by atoms with van der Waals surface area (Å²) >= 11 is 0. The molecular weight excluding hydrogens is 272 g/mol. The van der Waals surface area contributed by atoms with Gasteiger partial charge in [-0.3, -0.25) is 19.1 Å². The number of H-pyrrole nitrogens is 1. The summed E-state index contributed by atoms with van der Waals surface area (Å²) in [7, 11) is 1.61. The third kappa shape index (κ3) is 3.19. The number of carbonyl (C=O) groups is 1. The Hall–Kier alpha value is -2.83. The van der Waals surface area contributed by atoms with E-state index in [1.54, 1.807) is 38.2 Å². The van der Waals surface area contributed by atoms with Gasteiger partial charge in [0.2, 0.25) is 5.91 Å². The number of benzene rings is 1. The summed E-state index contributed by atoms with van der Waals surface area (Å²) in [6.45, 7) is 1.42. The summed E-state index contributed by atoms with van der Waals surface area (Å²) in [4.78, 5) is 38.7. The summed E-state index contributed by atoms with van der Waals surface area (Å²) in [6, 6.07) is 6.81. The number of rotatable bonds is 3. The van der Waals surface area contributed by atoms with E-state index in [4.69, 9.17) is 5.73 Å². The normalized spacial score (nSPS) is 10.4. The molecule has 0 aliphatic carbocycles. The van der Waals surface area contributed by atoms with Crippen LogP contribution in [0.2, 0.25) is 0 Å². The molecule has 7 heteroatoms. The molecule has 0 saturated heterocycles. The summed E-state index contributed by atoms with van der Waals surface area (Å²) in [6.07, 6.45) is 1.37. The summed E-state index contributed by atoms with van der Waals surface area (Å²) in [5, 5.41) is 0. The lowest BCUT2D eigenvalue weighted by atomic mass is 10.2. The van der Waals surface area contributed by atoms with Crippen molar-refractivity contribution < 1.29 is 4.79 Å². The average molecular weight is 288 g/mol. The molecule has 0 aliphatic rings. The van der Waals surface area contributed by atoms with Gasteiger partial charge in [0.05, 0.1) is 0 Å². The van der Waals surface area contributed by atoms with Gasteiger partial charge in [-0.25, -0.2) is 4.79 Å². The lowest BCUT2D eigenvalue weighted by Crippen LogP contribution is -2.37. The second-order valence-electron chi connectivity index (χ2n) is 4.74. The highest BCUT2D eigenvalue weighted by molar-refractivity contribution is 5.92. The molecule has 0 atom stereocenters. The Balaban J connectivity index is 2.22. The van der Waals surface area contributed by atoms with E-state index in [-0.39, 0.29) is 12.5 Å². The van der Waals surface area contributed by atoms with Gasteiger partial charge >= 0.3 is 5.69 Å². The molecule has 0 bridgehead atoms. The van der Waals surface area contributed by atoms with Gasteiger partial charge in [-0.15, -0.1) is 0 Å². The van der Waals surface area contributed by atoms with Crippen molar-refractivity contribution in [3.8, 4) is 0 Å². The van der Waals surface area contributed by atoms with Crippen molar-refractivity contribution in [2.45, 2.75) is 13.5 Å². The van der Waals surface area contributed by atoms with Gasteiger partial charge in [0.1, 0.15) is 6.54 Å². The molecule has 0 saturated carbocycles. The first kappa shape index (κ1) is 14.6. The van der Waals surface area contributed by atoms with Crippen molar-refractivity contribution in [1.29, 1.82) is 0 Å². The van der Waals surface area contributed by atoms with Crippen LogP contribution in [-0.4, -0.2) is 22.5 Å². The summed E-state index contributed by atoms with van der Waals surface area (Å²) < 4.78 is 1.17. The van der Waals surface area contributed by atoms with E-state index < -0.39 is 11.2 Å². The third-order valence-electron chi connectivity index (χ3n) is 3.15. The highest BCUT2D eigenvalue weighted by Crippen LogP contribution is 2.15. The van der Waals surface area contributed by atoms with E-state index in [1.165, 1.54) is 15.7 Å². The monoisotopic (exact) mass is 288 g/mol. The molecule has 2 aromatic rings. The number of hydrogen-bond acceptors (Lipinski definition) is 4. The van der Waals surface area contributed by atoms with Crippen LogP contribution in [0, 0.1) is 6.92 Å². The molecule has 0 aliphatic heterocycles. The molecule has 1 aromatic heterocycles. The molecule has 110 valence electrons. The molecule has 21 heavy (non-hydrogen) atoms. The Kier molecular flexibility index (Phi) is 3.93. The van der Waals surface area contributed by atoms with Gasteiger partial charge in [-0.05, 0) is 31.2 Å². The van der Waals surface area contributed by atoms with Crippen LogP contribution < -0.4 is 21.9 Å². The first-order valence-corrected chi connectivity index (χ1v) is 6.31. The van der Waals surface area contributed by atoms with E-state index in [2.05, 4.69) is 4.98 Å². The Labute approximate surface area is 120 Å². The number of likely N-dealkylation sites (N-methyl/N-ethyl adjacent to an activating group) is 1. The maximum Gasteiger partial charge on any atom is 0.328 e. The quantitative estimate of drug-likeness (QED) is 0.781. The molecule has 0 spiro atoms. The number of aromatic amines is 1. The first-order chi connectivity index (χ1) is 9.88. The zero-order chi connectivity index (χ0) is 15.6. The number of aromatic nitrogens is 2. The number of nitrogens with two attached hydrogens (primary N) is 1. The fraction of sp³-hybridized carbons (Fsp3) is 0.214. The molecule has 7 nitrogen and oxygen atoms in total. The standard InChI is InChI=1S/C14H16N4O3/c1-9-7-18(14(21)16-13(9)20)8-12(19)17(2)11-5-3-10(15)4-6-11/h3-7H,8,15H2,1-2H3,(H,16,20,21). The number of nitrogens with zero attached hydrogens (tertiary/aromatic N) is 2. The van der Waals surface area contributed by atoms with E-state index in [0.717, 1.165) is 0 Å². The highest BCUT2D eigenvalue weighted by Gasteiger charge is 2.13. The fourth-order valence-corrected chi connectivity index (χ4v) is 1.83. The minimum atomic E-state index is -0.607. The van der Waals surface area contributed by atoms with Crippen molar-refractivity contribution >= 4 is 17.3 Å². The topological polar surface area (TPSA) is 101 Å². The largest absolute Gasteiger partial charge is 0.399 e. The van der Waals surface area contributed by atoms with Crippen LogP contribution in [0.25, 0.3) is 0 Å². The zero-order valence-corrected chi connectivity index (χ0v) is 11.8. The van der Waals surface area contributed by atoms with Crippen LogP contribution in [0.3, 0.4) is 0 Å². The van der Waals surface area contributed by atoms with Crippen LogP contribution in [0.4, 0.5) is 11.4 Å². The smallest absolute Gasteiger partial charge is 0.328 e. The summed E-state index contributed by atoms with van der Waals surface area (Å²) in [5.74, 6) is -0.284. The Morgan fingerprint density at radius 1 is 1.29 bits per heavy atom. The highest BCUT2D eigenvalue weighted by atomic mass is 16.2. The minimum Gasteiger partial charge on any atom is -0.399 e. The number of hydrogen-bond donors (Lipinski definition) is 2. The number of carbonyl (C=O) groups excluding carboxylic acids is 1. The van der Waals surface area contributed by atoms with Gasteiger partial charge in [0, 0.05) is 30.2 Å². The zero-order valence-electron chi connectivity index (χ0n) is 11.8. The van der Waals surface area contributed by atoms with Gasteiger partial charge in [-0.2, -0.15) is 0 Å². The van der Waals surface area contributed by atoms with E-state index in [1.807, 2.05) is 0 Å². The van der Waals surface area contributed by atoms with Crippen LogP contribution in [0.15, 0.2) is 40.1 Å². The lowest BCUT2D eigenvalue weighted by molar-refractivity contribution is -0.118. The minimum absolute atomic E-state index is 0.155. The van der Waals surface area contributed by atoms with Gasteiger partial charge in [-0.1, -0.05) is 0 Å². The SMILES string of the molecule is Cc1cn(CC(=O)N(C)c2ccc(N)cc2)c(=O)[nH]c1=O. The Morgan fingerprint density at radius 2 is 1.90 bits per heavy atom. The van der Waals surface area contributed by atoms with Crippen molar-refractivity contribution in [2.24, 2.45) is 0 Å². The van der Waals surface area contributed by atoms with E-state index in [0.29, 0.717) is 16.9 Å². The Bertz CT molecular complexity index is 774. The molecule has 3 N–H and O–H groups in total. The van der Waals surface area contributed by atoms with E-state index >= 15 is 0 Å². The van der Waals surface area contributed by atoms with Crippen molar-refractivity contribution in [3.05, 3.63) is 56.9 Å². The number of nitrogens with one attached hydrogen (secondary N) is 1. The fourth-order valence-electron chi connectivity index (χ4n) is 1.83. The first-order valence-electron chi connectivity index (χ1n) is 6.31. The molecule has 0 fully saturated rings. The van der Waals surface area contributed by atoms with Crippen LogP contribution in [0.5, 0.6) is 0 Å². The second-order valence-corrected chi connectivity index (χ2v) is 4.74. The molecule has 1 aromatic carbocycles. The molecule has 0 radical (unpaired) electrons. The van der Waals surface area contributed by atoms with Crippen molar-refractivity contribution in [3.63, 3.8) is 0 Å². The summed E-state index contributed by atoms with van der Waals surface area (Å²) in [5.41, 5.74) is 6.19. The van der Waals surface area contributed by atoms with Crippen LogP contribution >= 0.6 is 0 Å². The molecule has 2 rings (SSSR count). The molecule has 1 amide bonds. The van der Waals surface area contributed by atoms with E-state index in [9.17, 15) is 14.4 Å². The molecule has 0 unspecified atom stereocenters. The maximum atomic E-state index is 12.2. The number of amides is 1. The number of aryl methyl sites for hydroxylation is 1. The third-order valence-corrected chi connectivity index (χ3v) is 3.15.